The van der Waals surface area contributed by atoms with Gasteiger partial charge in [0.2, 0.25) is 0 Å². The molecule has 7 heteroatoms. The Hall–Kier alpha value is -1.99. The van der Waals surface area contributed by atoms with Crippen LogP contribution in [0.1, 0.15) is 41.8 Å². The predicted octanol–water partition coefficient (Wildman–Crippen LogP) is 2.88. The Kier molecular flexibility index (Phi) is 5.17. The van der Waals surface area contributed by atoms with Crippen LogP contribution in [0.5, 0.6) is 0 Å². The summed E-state index contributed by atoms with van der Waals surface area (Å²) in [6.07, 6.45) is 10.1. The molecule has 2 aliphatic rings. The number of aromatic nitrogens is 2. The van der Waals surface area contributed by atoms with Crippen molar-refractivity contribution in [3.05, 3.63) is 29.4 Å². The van der Waals surface area contributed by atoms with Gasteiger partial charge in [-0.25, -0.2) is 0 Å². The van der Waals surface area contributed by atoms with Crippen LogP contribution in [0.15, 0.2) is 24.5 Å². The molecule has 0 atom stereocenters. The fourth-order valence-corrected chi connectivity index (χ4v) is 4.84. The fraction of sp³-hybridized carbons (Fsp3) is 0.526. The van der Waals surface area contributed by atoms with Crippen molar-refractivity contribution in [1.29, 1.82) is 0 Å². The minimum atomic E-state index is 0.0172. The van der Waals surface area contributed by atoms with Crippen molar-refractivity contribution in [2.45, 2.75) is 38.1 Å². The quantitative estimate of drug-likeness (QED) is 0.898. The third kappa shape index (κ3) is 3.46. The molecule has 1 amide bonds. The van der Waals surface area contributed by atoms with Crippen LogP contribution in [0, 0.1) is 0 Å². The summed E-state index contributed by atoms with van der Waals surface area (Å²) < 4.78 is 4.42. The van der Waals surface area contributed by atoms with Crippen molar-refractivity contribution in [1.82, 2.24) is 19.2 Å². The van der Waals surface area contributed by atoms with Crippen LogP contribution < -0.4 is 5.73 Å². The van der Waals surface area contributed by atoms with Crippen molar-refractivity contribution < 1.29 is 4.79 Å². The van der Waals surface area contributed by atoms with E-state index in [0.717, 1.165) is 31.7 Å². The molecule has 6 nitrogen and oxygen atoms in total. The van der Waals surface area contributed by atoms with Gasteiger partial charge in [0, 0.05) is 50.2 Å². The summed E-state index contributed by atoms with van der Waals surface area (Å²) in [5.74, 6) is 0.0172. The third-order valence-corrected chi connectivity index (χ3v) is 6.42. The number of carbonyl (C=O) groups excluding carboxylic acids is 1. The number of hydrogen-bond donors (Lipinski definition) is 1. The SMILES string of the molecule is Nc1c(-c2ccncc2)nsc1C(=O)N1CCN(C2CCCCC2)CC1. The molecule has 2 fully saturated rings. The summed E-state index contributed by atoms with van der Waals surface area (Å²) in [6.45, 7) is 3.48. The van der Waals surface area contributed by atoms with Crippen LogP contribution in [0.3, 0.4) is 0 Å². The second-order valence-corrected chi connectivity index (χ2v) is 7.90. The molecule has 3 heterocycles. The summed E-state index contributed by atoms with van der Waals surface area (Å²) in [5, 5.41) is 0. The Morgan fingerprint density at radius 2 is 1.77 bits per heavy atom. The first-order chi connectivity index (χ1) is 12.7. The van der Waals surface area contributed by atoms with Gasteiger partial charge in [-0.05, 0) is 36.5 Å². The van der Waals surface area contributed by atoms with Gasteiger partial charge in [0.05, 0.1) is 5.69 Å². The normalized spacial score (nSPS) is 19.6. The number of hydrogen-bond acceptors (Lipinski definition) is 6. The summed E-state index contributed by atoms with van der Waals surface area (Å²) in [5.41, 5.74) is 8.32. The molecule has 1 aliphatic carbocycles. The van der Waals surface area contributed by atoms with Gasteiger partial charge in [-0.1, -0.05) is 19.3 Å². The maximum atomic E-state index is 12.9. The van der Waals surface area contributed by atoms with Crippen molar-refractivity contribution in [3.63, 3.8) is 0 Å². The van der Waals surface area contributed by atoms with E-state index in [1.165, 1.54) is 43.6 Å². The van der Waals surface area contributed by atoms with Crippen molar-refractivity contribution in [2.24, 2.45) is 0 Å². The van der Waals surface area contributed by atoms with Crippen LogP contribution in [0.25, 0.3) is 11.3 Å². The average Bonchev–Trinajstić information content (AvgIpc) is 3.10. The van der Waals surface area contributed by atoms with E-state index in [0.29, 0.717) is 22.3 Å². The van der Waals surface area contributed by atoms with Crippen LogP contribution in [-0.4, -0.2) is 57.3 Å². The van der Waals surface area contributed by atoms with Crippen LogP contribution in [0.2, 0.25) is 0 Å². The summed E-state index contributed by atoms with van der Waals surface area (Å²) in [6, 6.07) is 4.44. The first-order valence-electron chi connectivity index (χ1n) is 9.43. The van der Waals surface area contributed by atoms with Crippen LogP contribution >= 0.6 is 11.5 Å². The largest absolute Gasteiger partial charge is 0.396 e. The Bertz CT molecular complexity index is 749. The molecule has 2 N–H and O–H groups in total. The molecule has 1 aliphatic heterocycles. The van der Waals surface area contributed by atoms with E-state index < -0.39 is 0 Å². The summed E-state index contributed by atoms with van der Waals surface area (Å²) >= 11 is 1.20. The summed E-state index contributed by atoms with van der Waals surface area (Å²) in [4.78, 5) is 22.0. The van der Waals surface area contributed by atoms with Crippen LogP contribution in [-0.2, 0) is 0 Å². The van der Waals surface area contributed by atoms with Crippen molar-refractivity contribution in [3.8, 4) is 11.3 Å². The second-order valence-electron chi connectivity index (χ2n) is 7.13. The van der Waals surface area contributed by atoms with Gasteiger partial charge in [0.1, 0.15) is 10.6 Å². The molecule has 138 valence electrons. The molecule has 1 saturated heterocycles. The monoisotopic (exact) mass is 371 g/mol. The minimum Gasteiger partial charge on any atom is -0.396 e. The van der Waals surface area contributed by atoms with E-state index in [1.807, 2.05) is 17.0 Å². The number of nitrogens with two attached hydrogens (primary N) is 1. The lowest BCUT2D eigenvalue weighted by Gasteiger charge is -2.40. The lowest BCUT2D eigenvalue weighted by Crippen LogP contribution is -2.52. The summed E-state index contributed by atoms with van der Waals surface area (Å²) in [7, 11) is 0. The van der Waals surface area contributed by atoms with Gasteiger partial charge in [0.25, 0.3) is 5.91 Å². The zero-order chi connectivity index (χ0) is 17.9. The number of rotatable bonds is 3. The molecule has 2 aromatic heterocycles. The number of nitrogens with zero attached hydrogens (tertiary/aromatic N) is 4. The standard InChI is InChI=1S/C19H25N5OS/c20-16-17(14-6-8-21-9-7-14)22-26-18(16)19(25)24-12-10-23(11-13-24)15-4-2-1-3-5-15/h6-9,15H,1-5,10-13,20H2. The maximum absolute atomic E-state index is 12.9. The van der Waals surface area contributed by atoms with Gasteiger partial charge < -0.3 is 10.6 Å². The number of amides is 1. The van der Waals surface area contributed by atoms with Crippen LogP contribution in [0.4, 0.5) is 5.69 Å². The second kappa shape index (κ2) is 7.72. The fourth-order valence-electron chi connectivity index (χ4n) is 4.05. The molecule has 4 rings (SSSR count). The van der Waals surface area contributed by atoms with Gasteiger partial charge in [-0.3, -0.25) is 14.7 Å². The molecule has 0 spiro atoms. The lowest BCUT2D eigenvalue weighted by molar-refractivity contribution is 0.0528. The van der Waals surface area contributed by atoms with Crippen molar-refractivity contribution >= 4 is 23.1 Å². The number of piperazine rings is 1. The minimum absolute atomic E-state index is 0.0172. The zero-order valence-corrected chi connectivity index (χ0v) is 15.7. The first-order valence-corrected chi connectivity index (χ1v) is 10.2. The maximum Gasteiger partial charge on any atom is 0.267 e. The van der Waals surface area contributed by atoms with E-state index >= 15 is 0 Å². The lowest BCUT2D eigenvalue weighted by atomic mass is 9.94. The Morgan fingerprint density at radius 1 is 1.08 bits per heavy atom. The first kappa shape index (κ1) is 17.4. The van der Waals surface area contributed by atoms with E-state index in [4.69, 9.17) is 5.73 Å². The number of anilines is 1. The Balaban J connectivity index is 1.42. The highest BCUT2D eigenvalue weighted by atomic mass is 32.1. The predicted molar refractivity (Wildman–Crippen MR) is 104 cm³/mol. The highest BCUT2D eigenvalue weighted by Gasteiger charge is 2.29. The molecule has 2 aromatic rings. The van der Waals surface area contributed by atoms with Gasteiger partial charge >= 0.3 is 0 Å². The molecular weight excluding hydrogens is 346 g/mol. The van der Waals surface area contributed by atoms with E-state index in [-0.39, 0.29) is 5.91 Å². The Morgan fingerprint density at radius 3 is 2.46 bits per heavy atom. The highest BCUT2D eigenvalue weighted by molar-refractivity contribution is 7.09. The zero-order valence-electron chi connectivity index (χ0n) is 14.9. The molecule has 0 aromatic carbocycles. The number of carbonyl (C=O) groups is 1. The van der Waals surface area contributed by atoms with Gasteiger partial charge in [-0.15, -0.1) is 0 Å². The van der Waals surface area contributed by atoms with Gasteiger partial charge in [0.15, 0.2) is 0 Å². The highest BCUT2D eigenvalue weighted by Crippen LogP contribution is 2.31. The van der Waals surface area contributed by atoms with Gasteiger partial charge in [-0.2, -0.15) is 4.37 Å². The topological polar surface area (TPSA) is 75.3 Å². The van der Waals surface area contributed by atoms with Crippen molar-refractivity contribution in [2.75, 3.05) is 31.9 Å². The molecule has 0 radical (unpaired) electrons. The Labute approximate surface area is 158 Å². The smallest absolute Gasteiger partial charge is 0.267 e. The molecule has 26 heavy (non-hydrogen) atoms. The molecular formula is C19H25N5OS. The third-order valence-electron chi connectivity index (χ3n) is 5.57. The van der Waals surface area contributed by atoms with E-state index in [1.54, 1.807) is 12.4 Å². The number of pyridine rings is 1. The number of nitrogen functional groups attached to an aromatic ring is 1. The van der Waals surface area contributed by atoms with E-state index in [2.05, 4.69) is 14.3 Å². The molecule has 1 saturated carbocycles. The average molecular weight is 372 g/mol. The van der Waals surface area contributed by atoms with E-state index in [9.17, 15) is 4.79 Å². The molecule has 0 bridgehead atoms. The molecule has 0 unspecified atom stereocenters.